The number of anilines is 1. The van der Waals surface area contributed by atoms with Crippen LogP contribution in [-0.2, 0) is 0 Å². The first-order chi connectivity index (χ1) is 6.74. The summed E-state index contributed by atoms with van der Waals surface area (Å²) in [7, 11) is 0. The van der Waals surface area contributed by atoms with Gasteiger partial charge in [0.25, 0.3) is 0 Å². The van der Waals surface area contributed by atoms with Crippen LogP contribution in [0.5, 0.6) is 0 Å². The van der Waals surface area contributed by atoms with Gasteiger partial charge < -0.3 is 16.4 Å². The third-order valence-corrected chi connectivity index (χ3v) is 2.24. The number of urea groups is 1. The largest absolute Gasteiger partial charge is 0.337 e. The maximum atomic E-state index is 11.2. The van der Waals surface area contributed by atoms with Gasteiger partial charge in [0.1, 0.15) is 0 Å². The van der Waals surface area contributed by atoms with Gasteiger partial charge in [0.05, 0.1) is 5.69 Å². The van der Waals surface area contributed by atoms with Crippen LogP contribution in [0.3, 0.4) is 0 Å². The van der Waals surface area contributed by atoms with Crippen LogP contribution in [0.1, 0.15) is 0 Å². The summed E-state index contributed by atoms with van der Waals surface area (Å²) in [6, 6.07) is 7.16. The Kier molecular flexibility index (Phi) is 7.11. The fraction of sp³-hybridized carbons (Fsp3) is 0.222. The second-order valence-electron chi connectivity index (χ2n) is 2.65. The molecule has 0 spiro atoms. The molecule has 0 bridgehead atoms. The predicted octanol–water partition coefficient (Wildman–Crippen LogP) is 1.95. The van der Waals surface area contributed by atoms with E-state index in [1.54, 1.807) is 0 Å². The fourth-order valence-corrected chi connectivity index (χ4v) is 1.30. The first kappa shape index (κ1) is 14.2. The molecule has 1 rings (SSSR count). The van der Waals surface area contributed by atoms with E-state index in [-0.39, 0.29) is 18.4 Å². The number of hydrogen-bond donors (Lipinski definition) is 3. The number of nitrogens with one attached hydrogen (secondary N) is 2. The Bertz CT molecular complexity index is 322. The van der Waals surface area contributed by atoms with Crippen molar-refractivity contribution in [3.05, 3.63) is 28.7 Å². The van der Waals surface area contributed by atoms with E-state index in [2.05, 4.69) is 26.6 Å². The molecular formula is C9H13BrClN3O. The van der Waals surface area contributed by atoms with Crippen LogP contribution in [0.4, 0.5) is 10.5 Å². The van der Waals surface area contributed by atoms with E-state index in [0.29, 0.717) is 13.1 Å². The molecule has 0 fully saturated rings. The lowest BCUT2D eigenvalue weighted by Gasteiger charge is -2.07. The molecule has 4 nitrogen and oxygen atoms in total. The van der Waals surface area contributed by atoms with E-state index in [4.69, 9.17) is 5.73 Å². The molecule has 0 unspecified atom stereocenters. The van der Waals surface area contributed by atoms with Crippen molar-refractivity contribution in [2.45, 2.75) is 0 Å². The number of hydrogen-bond acceptors (Lipinski definition) is 2. The number of benzene rings is 1. The summed E-state index contributed by atoms with van der Waals surface area (Å²) in [5.41, 5.74) is 5.99. The summed E-state index contributed by atoms with van der Waals surface area (Å²) >= 11 is 3.33. The highest BCUT2D eigenvalue weighted by atomic mass is 79.9. The standard InChI is InChI=1S/C9H12BrN3O.ClH/c10-7-3-1-2-4-8(7)13-9(14)12-6-5-11;/h1-4H,5-6,11H2,(H2,12,13,14);1H. The molecule has 0 heterocycles. The summed E-state index contributed by atoms with van der Waals surface area (Å²) in [6.45, 7) is 0.902. The van der Waals surface area contributed by atoms with Crippen LogP contribution >= 0.6 is 28.3 Å². The maximum absolute atomic E-state index is 11.2. The number of amides is 2. The lowest BCUT2D eigenvalue weighted by Crippen LogP contribution is -2.32. The highest BCUT2D eigenvalue weighted by Gasteiger charge is 2.02. The molecule has 1 aromatic carbocycles. The first-order valence-electron chi connectivity index (χ1n) is 4.23. The van der Waals surface area contributed by atoms with E-state index in [1.807, 2.05) is 24.3 Å². The van der Waals surface area contributed by atoms with Crippen molar-refractivity contribution in [2.75, 3.05) is 18.4 Å². The van der Waals surface area contributed by atoms with Crippen LogP contribution in [-0.4, -0.2) is 19.1 Å². The minimum absolute atomic E-state index is 0. The minimum atomic E-state index is -0.248. The van der Waals surface area contributed by atoms with Crippen molar-refractivity contribution in [3.63, 3.8) is 0 Å². The van der Waals surface area contributed by atoms with Crippen LogP contribution in [0.15, 0.2) is 28.7 Å². The van der Waals surface area contributed by atoms with Gasteiger partial charge in [0, 0.05) is 17.6 Å². The minimum Gasteiger partial charge on any atom is -0.337 e. The molecule has 15 heavy (non-hydrogen) atoms. The molecule has 0 aliphatic rings. The molecule has 0 saturated heterocycles. The van der Waals surface area contributed by atoms with Gasteiger partial charge in [-0.3, -0.25) is 0 Å². The number of carbonyl (C=O) groups excluding carboxylic acids is 1. The second kappa shape index (κ2) is 7.50. The lowest BCUT2D eigenvalue weighted by molar-refractivity contribution is 0.252. The number of carbonyl (C=O) groups is 1. The molecule has 0 aliphatic heterocycles. The van der Waals surface area contributed by atoms with Gasteiger partial charge in [-0.1, -0.05) is 12.1 Å². The Balaban J connectivity index is 0.00000196. The van der Waals surface area contributed by atoms with Gasteiger partial charge in [0.15, 0.2) is 0 Å². The van der Waals surface area contributed by atoms with Crippen molar-refractivity contribution in [1.29, 1.82) is 0 Å². The lowest BCUT2D eigenvalue weighted by atomic mass is 10.3. The smallest absolute Gasteiger partial charge is 0.319 e. The van der Waals surface area contributed by atoms with E-state index in [9.17, 15) is 4.79 Å². The molecule has 0 saturated carbocycles. The quantitative estimate of drug-likeness (QED) is 0.797. The van der Waals surface area contributed by atoms with Crippen molar-refractivity contribution >= 4 is 40.1 Å². The number of rotatable bonds is 3. The summed E-state index contributed by atoms with van der Waals surface area (Å²) < 4.78 is 0.850. The zero-order valence-electron chi connectivity index (χ0n) is 8.00. The molecular weight excluding hydrogens is 281 g/mol. The normalized spacial score (nSPS) is 8.93. The molecule has 84 valence electrons. The fourth-order valence-electron chi connectivity index (χ4n) is 0.915. The number of nitrogens with two attached hydrogens (primary N) is 1. The summed E-state index contributed by atoms with van der Waals surface area (Å²) in [5.74, 6) is 0. The average Bonchev–Trinajstić information content (AvgIpc) is 2.18. The monoisotopic (exact) mass is 293 g/mol. The van der Waals surface area contributed by atoms with Crippen LogP contribution in [0.25, 0.3) is 0 Å². The van der Waals surface area contributed by atoms with E-state index < -0.39 is 0 Å². The van der Waals surface area contributed by atoms with Crippen LogP contribution in [0.2, 0.25) is 0 Å². The Labute approximate surface area is 103 Å². The van der Waals surface area contributed by atoms with E-state index in [0.717, 1.165) is 10.2 Å². The maximum Gasteiger partial charge on any atom is 0.319 e. The third kappa shape index (κ3) is 5.01. The summed E-state index contributed by atoms with van der Waals surface area (Å²) in [6.07, 6.45) is 0. The van der Waals surface area contributed by atoms with Crippen molar-refractivity contribution < 1.29 is 4.79 Å². The second-order valence-corrected chi connectivity index (χ2v) is 3.50. The molecule has 4 N–H and O–H groups in total. The van der Waals surface area contributed by atoms with Crippen molar-refractivity contribution in [3.8, 4) is 0 Å². The van der Waals surface area contributed by atoms with Gasteiger partial charge in [0.2, 0.25) is 0 Å². The topological polar surface area (TPSA) is 67.1 Å². The Morgan fingerprint density at radius 1 is 1.40 bits per heavy atom. The third-order valence-electron chi connectivity index (χ3n) is 1.55. The van der Waals surface area contributed by atoms with Crippen molar-refractivity contribution in [1.82, 2.24) is 5.32 Å². The zero-order chi connectivity index (χ0) is 10.4. The first-order valence-corrected chi connectivity index (χ1v) is 5.03. The van der Waals surface area contributed by atoms with Crippen molar-refractivity contribution in [2.24, 2.45) is 5.73 Å². The van der Waals surface area contributed by atoms with Gasteiger partial charge in [-0.2, -0.15) is 0 Å². The van der Waals surface area contributed by atoms with Gasteiger partial charge >= 0.3 is 6.03 Å². The molecule has 0 atom stereocenters. The zero-order valence-corrected chi connectivity index (χ0v) is 10.4. The summed E-state index contributed by atoms with van der Waals surface area (Å²) in [4.78, 5) is 11.2. The molecule has 6 heteroatoms. The van der Waals surface area contributed by atoms with Gasteiger partial charge in [-0.25, -0.2) is 4.79 Å². The Morgan fingerprint density at radius 2 is 2.07 bits per heavy atom. The average molecular weight is 295 g/mol. The van der Waals surface area contributed by atoms with Crippen LogP contribution < -0.4 is 16.4 Å². The van der Waals surface area contributed by atoms with Crippen LogP contribution in [0, 0.1) is 0 Å². The number of halogens is 2. The van der Waals surface area contributed by atoms with E-state index >= 15 is 0 Å². The highest BCUT2D eigenvalue weighted by Crippen LogP contribution is 2.20. The molecule has 2 amide bonds. The Hall–Kier alpha value is -0.780. The number of para-hydroxylation sites is 1. The van der Waals surface area contributed by atoms with Gasteiger partial charge in [-0.05, 0) is 28.1 Å². The van der Waals surface area contributed by atoms with E-state index in [1.165, 1.54) is 0 Å². The summed E-state index contributed by atoms with van der Waals surface area (Å²) in [5, 5.41) is 5.30. The Morgan fingerprint density at radius 3 is 2.67 bits per heavy atom. The SMILES string of the molecule is Cl.NCCNC(=O)Nc1ccccc1Br. The molecule has 0 aromatic heterocycles. The molecule has 0 radical (unpaired) electrons. The van der Waals surface area contributed by atoms with Gasteiger partial charge in [-0.15, -0.1) is 12.4 Å². The molecule has 0 aliphatic carbocycles. The highest BCUT2D eigenvalue weighted by molar-refractivity contribution is 9.10. The molecule has 1 aromatic rings. The predicted molar refractivity (Wildman–Crippen MR) is 67.5 cm³/mol.